The topological polar surface area (TPSA) is 48.9 Å². The van der Waals surface area contributed by atoms with Gasteiger partial charge in [-0.05, 0) is 36.6 Å². The molecule has 3 heterocycles. The molecule has 1 aromatic carbocycles. The summed E-state index contributed by atoms with van der Waals surface area (Å²) in [5.74, 6) is 0.765. The highest BCUT2D eigenvalue weighted by atomic mass is 16.5. The van der Waals surface area contributed by atoms with E-state index in [1.165, 1.54) is 24.1 Å². The third-order valence-corrected chi connectivity index (χ3v) is 5.52. The molecule has 4 rings (SSSR count). The molecule has 1 aromatic heterocycles. The van der Waals surface area contributed by atoms with E-state index in [1.54, 1.807) is 11.1 Å². The number of pyridine rings is 1. The molecule has 28 heavy (non-hydrogen) atoms. The van der Waals surface area contributed by atoms with Crippen LogP contribution in [0.2, 0.25) is 0 Å². The second-order valence-electron chi connectivity index (χ2n) is 7.46. The number of morpholine rings is 1. The van der Waals surface area contributed by atoms with Crippen LogP contribution in [0.1, 0.15) is 28.8 Å². The zero-order valence-electron chi connectivity index (χ0n) is 16.5. The van der Waals surface area contributed by atoms with Gasteiger partial charge in [-0.1, -0.05) is 18.2 Å². The summed E-state index contributed by atoms with van der Waals surface area (Å²) in [5.41, 5.74) is 3.10. The number of benzene rings is 1. The number of para-hydroxylation sites is 1. The normalized spacial score (nSPS) is 17.0. The number of amides is 1. The summed E-state index contributed by atoms with van der Waals surface area (Å²) in [7, 11) is 1.87. The van der Waals surface area contributed by atoms with Crippen molar-refractivity contribution in [3.63, 3.8) is 0 Å². The minimum absolute atomic E-state index is 0.00539. The van der Waals surface area contributed by atoms with Gasteiger partial charge in [-0.3, -0.25) is 4.79 Å². The number of carbonyl (C=O) groups is 1. The fourth-order valence-corrected chi connectivity index (χ4v) is 4.04. The molecule has 2 aliphatic rings. The predicted octanol–water partition coefficient (Wildman–Crippen LogP) is 2.79. The number of carbonyl (C=O) groups excluding carboxylic acids is 1. The molecule has 0 radical (unpaired) electrons. The number of anilines is 2. The van der Waals surface area contributed by atoms with Crippen molar-refractivity contribution in [2.75, 3.05) is 56.2 Å². The van der Waals surface area contributed by atoms with Crippen molar-refractivity contribution in [3.05, 3.63) is 53.7 Å². The largest absolute Gasteiger partial charge is 0.378 e. The molecule has 2 saturated heterocycles. The van der Waals surface area contributed by atoms with E-state index >= 15 is 0 Å². The molecule has 0 N–H and O–H groups in total. The van der Waals surface area contributed by atoms with Crippen LogP contribution in [0.15, 0.2) is 42.6 Å². The lowest BCUT2D eigenvalue weighted by molar-refractivity contribution is 0.0784. The Labute approximate surface area is 166 Å². The number of rotatable bonds is 5. The van der Waals surface area contributed by atoms with E-state index in [9.17, 15) is 4.79 Å². The van der Waals surface area contributed by atoms with Gasteiger partial charge < -0.3 is 19.4 Å². The van der Waals surface area contributed by atoms with Crippen molar-refractivity contribution in [2.45, 2.75) is 19.4 Å². The maximum Gasteiger partial charge on any atom is 0.257 e. The molecule has 0 aliphatic carbocycles. The van der Waals surface area contributed by atoms with Gasteiger partial charge in [-0.15, -0.1) is 0 Å². The zero-order chi connectivity index (χ0) is 19.3. The van der Waals surface area contributed by atoms with Crippen LogP contribution >= 0.6 is 0 Å². The molecular weight excluding hydrogens is 352 g/mol. The molecule has 2 aliphatic heterocycles. The number of ether oxygens (including phenoxy) is 1. The quantitative estimate of drug-likeness (QED) is 0.798. The summed E-state index contributed by atoms with van der Waals surface area (Å²) in [4.78, 5) is 24.1. The second-order valence-corrected chi connectivity index (χ2v) is 7.46. The van der Waals surface area contributed by atoms with Crippen molar-refractivity contribution in [3.8, 4) is 0 Å². The predicted molar refractivity (Wildman–Crippen MR) is 111 cm³/mol. The Hall–Kier alpha value is -2.60. The average molecular weight is 380 g/mol. The fourth-order valence-electron chi connectivity index (χ4n) is 4.04. The van der Waals surface area contributed by atoms with E-state index in [1.807, 2.05) is 19.2 Å². The molecule has 2 fully saturated rings. The molecular formula is C22H28N4O2. The van der Waals surface area contributed by atoms with Gasteiger partial charge >= 0.3 is 0 Å². The Morgan fingerprint density at radius 3 is 2.57 bits per heavy atom. The Bertz CT molecular complexity index is 814. The van der Waals surface area contributed by atoms with Crippen LogP contribution in [-0.4, -0.2) is 62.2 Å². The van der Waals surface area contributed by atoms with Crippen molar-refractivity contribution < 1.29 is 9.53 Å². The van der Waals surface area contributed by atoms with Crippen LogP contribution < -0.4 is 9.80 Å². The number of hydrogen-bond donors (Lipinski definition) is 0. The van der Waals surface area contributed by atoms with Gasteiger partial charge in [0.05, 0.1) is 18.8 Å². The molecule has 6 heteroatoms. The average Bonchev–Trinajstić information content (AvgIpc) is 3.29. The maximum atomic E-state index is 13.3. The van der Waals surface area contributed by atoms with Crippen LogP contribution in [0.3, 0.4) is 0 Å². The third-order valence-electron chi connectivity index (χ3n) is 5.52. The second kappa shape index (κ2) is 8.61. The molecule has 148 valence electrons. The minimum Gasteiger partial charge on any atom is -0.378 e. The molecule has 0 spiro atoms. The lowest BCUT2D eigenvalue weighted by Crippen LogP contribution is -2.38. The molecule has 0 atom stereocenters. The molecule has 1 amide bonds. The Morgan fingerprint density at radius 1 is 1.04 bits per heavy atom. The van der Waals surface area contributed by atoms with Gasteiger partial charge in [0.25, 0.3) is 5.91 Å². The van der Waals surface area contributed by atoms with Crippen LogP contribution in [0.25, 0.3) is 0 Å². The summed E-state index contributed by atoms with van der Waals surface area (Å²) in [6.07, 6.45) is 4.23. The highest BCUT2D eigenvalue weighted by molar-refractivity contribution is 5.98. The van der Waals surface area contributed by atoms with Gasteiger partial charge in [-0.2, -0.15) is 0 Å². The Morgan fingerprint density at radius 2 is 1.79 bits per heavy atom. The standard InChI is InChI=1S/C22H28N4O2/c1-24(17-18-7-2-3-9-20(18)25-11-4-5-12-25)22(27)19-8-6-10-23-21(19)26-13-15-28-16-14-26/h2-3,6-10H,4-5,11-17H2,1H3. The molecule has 0 bridgehead atoms. The van der Waals surface area contributed by atoms with Gasteiger partial charge in [0.1, 0.15) is 5.82 Å². The monoisotopic (exact) mass is 380 g/mol. The SMILES string of the molecule is CN(Cc1ccccc1N1CCCC1)C(=O)c1cccnc1N1CCOCC1. The maximum absolute atomic E-state index is 13.3. The number of nitrogens with zero attached hydrogens (tertiary/aromatic N) is 4. The summed E-state index contributed by atoms with van der Waals surface area (Å²) in [6.45, 7) is 5.64. The van der Waals surface area contributed by atoms with E-state index in [0.717, 1.165) is 32.0 Å². The van der Waals surface area contributed by atoms with E-state index < -0.39 is 0 Å². The van der Waals surface area contributed by atoms with Gasteiger partial charge in [0.15, 0.2) is 0 Å². The molecule has 6 nitrogen and oxygen atoms in total. The van der Waals surface area contributed by atoms with Gasteiger partial charge in [-0.25, -0.2) is 4.98 Å². The number of aromatic nitrogens is 1. The fraction of sp³-hybridized carbons (Fsp3) is 0.455. The van der Waals surface area contributed by atoms with Crippen LogP contribution in [-0.2, 0) is 11.3 Å². The zero-order valence-corrected chi connectivity index (χ0v) is 16.5. The van der Waals surface area contributed by atoms with E-state index in [2.05, 4.69) is 39.0 Å². The molecule has 0 saturated carbocycles. The van der Waals surface area contributed by atoms with Crippen LogP contribution in [0.5, 0.6) is 0 Å². The van der Waals surface area contributed by atoms with Crippen molar-refractivity contribution in [2.24, 2.45) is 0 Å². The Kier molecular flexibility index (Phi) is 5.76. The first-order valence-corrected chi connectivity index (χ1v) is 10.1. The first-order valence-electron chi connectivity index (χ1n) is 10.1. The van der Waals surface area contributed by atoms with E-state index in [-0.39, 0.29) is 5.91 Å². The van der Waals surface area contributed by atoms with Crippen molar-refractivity contribution in [1.82, 2.24) is 9.88 Å². The van der Waals surface area contributed by atoms with Gasteiger partial charge in [0, 0.05) is 51.7 Å². The van der Waals surface area contributed by atoms with Crippen LogP contribution in [0, 0.1) is 0 Å². The lowest BCUT2D eigenvalue weighted by Gasteiger charge is -2.30. The Balaban J connectivity index is 1.53. The smallest absolute Gasteiger partial charge is 0.257 e. The third kappa shape index (κ3) is 3.97. The molecule has 2 aromatic rings. The highest BCUT2D eigenvalue weighted by Gasteiger charge is 2.23. The summed E-state index contributed by atoms with van der Waals surface area (Å²) in [6, 6.07) is 12.1. The van der Waals surface area contributed by atoms with E-state index in [0.29, 0.717) is 25.3 Å². The van der Waals surface area contributed by atoms with E-state index in [4.69, 9.17) is 4.74 Å². The molecule has 0 unspecified atom stereocenters. The van der Waals surface area contributed by atoms with Crippen molar-refractivity contribution >= 4 is 17.4 Å². The lowest BCUT2D eigenvalue weighted by atomic mass is 10.1. The van der Waals surface area contributed by atoms with Crippen LogP contribution in [0.4, 0.5) is 11.5 Å². The summed E-state index contributed by atoms with van der Waals surface area (Å²) < 4.78 is 5.44. The van der Waals surface area contributed by atoms with Crippen molar-refractivity contribution in [1.29, 1.82) is 0 Å². The summed E-state index contributed by atoms with van der Waals surface area (Å²) in [5, 5.41) is 0. The first kappa shape index (κ1) is 18.7. The highest BCUT2D eigenvalue weighted by Crippen LogP contribution is 2.26. The summed E-state index contributed by atoms with van der Waals surface area (Å²) >= 11 is 0. The van der Waals surface area contributed by atoms with Gasteiger partial charge in [0.2, 0.25) is 0 Å². The minimum atomic E-state index is 0.00539. The first-order chi connectivity index (χ1) is 13.7. The number of hydrogen-bond acceptors (Lipinski definition) is 5.